The van der Waals surface area contributed by atoms with Crippen molar-refractivity contribution in [1.29, 1.82) is 0 Å². The molecule has 0 aromatic heterocycles. The summed E-state index contributed by atoms with van der Waals surface area (Å²) in [6, 6.07) is 0. The summed E-state index contributed by atoms with van der Waals surface area (Å²) in [4.78, 5) is 24.6. The van der Waals surface area contributed by atoms with Crippen molar-refractivity contribution >= 4 is 11.9 Å². The molecule has 1 atom stereocenters. The van der Waals surface area contributed by atoms with E-state index in [0.29, 0.717) is 12.8 Å². The number of aliphatic hydroxyl groups excluding tert-OH is 1. The van der Waals surface area contributed by atoms with E-state index in [1.807, 2.05) is 0 Å². The summed E-state index contributed by atoms with van der Waals surface area (Å²) in [6.07, 6.45) is 88.0. The van der Waals surface area contributed by atoms with Crippen LogP contribution in [0.3, 0.4) is 0 Å². The van der Waals surface area contributed by atoms with E-state index in [-0.39, 0.29) is 25.2 Å². The van der Waals surface area contributed by atoms with Crippen LogP contribution in [0.15, 0.2) is 24.3 Å². The molecule has 1 N–H and O–H groups in total. The van der Waals surface area contributed by atoms with E-state index in [1.54, 1.807) is 0 Å². The minimum absolute atomic E-state index is 0.0595. The van der Waals surface area contributed by atoms with Crippen LogP contribution in [0.1, 0.15) is 399 Å². The van der Waals surface area contributed by atoms with Crippen molar-refractivity contribution < 1.29 is 24.2 Å². The standard InChI is InChI=1S/C71H136O5/c1-3-5-7-9-11-13-15-17-19-21-23-25-27-29-30-31-32-33-34-35-36-37-38-39-40-42-43-45-47-49-51-53-55-57-59-61-63-65-70(73)75-68-69(67-72)76-71(74)66-64-62-60-58-56-54-52-50-48-46-44-41-28-26-24-22-20-18-16-14-12-10-8-6-4-2/h16,18,22,24,69,72H,3-15,17,19-21,23,25-68H2,1-2H3/b18-16-,24-22-. The molecule has 0 saturated heterocycles. The quantitative estimate of drug-likeness (QED) is 0.0373. The molecule has 1 unspecified atom stereocenters. The molecular formula is C71H136O5. The van der Waals surface area contributed by atoms with Crippen LogP contribution >= 0.6 is 0 Å². The van der Waals surface area contributed by atoms with Crippen molar-refractivity contribution in [3.05, 3.63) is 24.3 Å². The highest BCUT2D eigenvalue weighted by molar-refractivity contribution is 5.70. The number of esters is 2. The fraction of sp³-hybridized carbons (Fsp3) is 0.915. The van der Waals surface area contributed by atoms with E-state index < -0.39 is 6.10 Å². The first-order valence-electron chi connectivity index (χ1n) is 34.9. The lowest BCUT2D eigenvalue weighted by Crippen LogP contribution is -2.28. The van der Waals surface area contributed by atoms with Crippen molar-refractivity contribution in [2.45, 2.75) is 405 Å². The Morgan fingerprint density at radius 1 is 0.303 bits per heavy atom. The van der Waals surface area contributed by atoms with Gasteiger partial charge in [-0.3, -0.25) is 9.59 Å². The number of carbonyl (C=O) groups is 2. The van der Waals surface area contributed by atoms with Gasteiger partial charge in [-0.25, -0.2) is 0 Å². The number of aliphatic hydroxyl groups is 1. The number of allylic oxidation sites excluding steroid dienone is 4. The van der Waals surface area contributed by atoms with E-state index in [1.165, 1.54) is 334 Å². The Bertz CT molecular complexity index is 1160. The van der Waals surface area contributed by atoms with E-state index in [9.17, 15) is 14.7 Å². The molecule has 0 radical (unpaired) electrons. The van der Waals surface area contributed by atoms with Gasteiger partial charge in [0.2, 0.25) is 0 Å². The molecule has 0 saturated carbocycles. The van der Waals surface area contributed by atoms with Crippen LogP contribution in [0, 0.1) is 0 Å². The second kappa shape index (κ2) is 67.7. The smallest absolute Gasteiger partial charge is 0.306 e. The van der Waals surface area contributed by atoms with Gasteiger partial charge in [-0.05, 0) is 44.9 Å². The normalized spacial score (nSPS) is 12.2. The maximum Gasteiger partial charge on any atom is 0.306 e. The van der Waals surface area contributed by atoms with E-state index in [4.69, 9.17) is 9.47 Å². The Labute approximate surface area is 476 Å². The van der Waals surface area contributed by atoms with Crippen molar-refractivity contribution in [2.75, 3.05) is 13.2 Å². The molecule has 5 nitrogen and oxygen atoms in total. The van der Waals surface area contributed by atoms with Gasteiger partial charge in [0.15, 0.2) is 6.10 Å². The summed E-state index contributed by atoms with van der Waals surface area (Å²) in [5, 5.41) is 9.69. The monoisotopic (exact) mass is 1070 g/mol. The highest BCUT2D eigenvalue weighted by atomic mass is 16.6. The van der Waals surface area contributed by atoms with Crippen LogP contribution < -0.4 is 0 Å². The Morgan fingerprint density at radius 3 is 0.776 bits per heavy atom. The first kappa shape index (κ1) is 74.4. The van der Waals surface area contributed by atoms with E-state index in [2.05, 4.69) is 38.2 Å². The zero-order valence-corrected chi connectivity index (χ0v) is 51.8. The van der Waals surface area contributed by atoms with Crippen LogP contribution in [0.5, 0.6) is 0 Å². The first-order chi connectivity index (χ1) is 37.6. The second-order valence-electron chi connectivity index (χ2n) is 24.0. The molecule has 0 heterocycles. The number of unbranched alkanes of at least 4 members (excludes halogenated alkanes) is 54. The molecule has 0 bridgehead atoms. The molecule has 0 aliphatic rings. The number of hydrogen-bond acceptors (Lipinski definition) is 5. The molecular weight excluding hydrogens is 933 g/mol. The lowest BCUT2D eigenvalue weighted by atomic mass is 10.0. The zero-order chi connectivity index (χ0) is 54.8. The fourth-order valence-corrected chi connectivity index (χ4v) is 11.0. The van der Waals surface area contributed by atoms with Crippen molar-refractivity contribution in [2.24, 2.45) is 0 Å². The van der Waals surface area contributed by atoms with Gasteiger partial charge < -0.3 is 14.6 Å². The van der Waals surface area contributed by atoms with Crippen LogP contribution in [-0.2, 0) is 19.1 Å². The summed E-state index contributed by atoms with van der Waals surface area (Å²) < 4.78 is 10.8. The number of ether oxygens (including phenoxy) is 2. The van der Waals surface area contributed by atoms with Gasteiger partial charge in [-0.15, -0.1) is 0 Å². The lowest BCUT2D eigenvalue weighted by Gasteiger charge is -2.15. The van der Waals surface area contributed by atoms with Gasteiger partial charge in [0, 0.05) is 12.8 Å². The molecule has 0 aromatic rings. The highest BCUT2D eigenvalue weighted by Gasteiger charge is 2.16. The molecule has 0 amide bonds. The van der Waals surface area contributed by atoms with Crippen molar-refractivity contribution in [1.82, 2.24) is 0 Å². The summed E-state index contributed by atoms with van der Waals surface area (Å²) in [5.74, 6) is -0.567. The van der Waals surface area contributed by atoms with Crippen LogP contribution in [0.4, 0.5) is 0 Å². The largest absolute Gasteiger partial charge is 0.462 e. The number of carbonyl (C=O) groups excluding carboxylic acids is 2. The van der Waals surface area contributed by atoms with Crippen LogP contribution in [0.25, 0.3) is 0 Å². The number of rotatable bonds is 66. The van der Waals surface area contributed by atoms with Crippen LogP contribution in [-0.4, -0.2) is 36.4 Å². The molecule has 450 valence electrons. The molecule has 0 aliphatic heterocycles. The van der Waals surface area contributed by atoms with Crippen molar-refractivity contribution in [3.63, 3.8) is 0 Å². The van der Waals surface area contributed by atoms with Gasteiger partial charge in [0.05, 0.1) is 6.61 Å². The fourth-order valence-electron chi connectivity index (χ4n) is 11.0. The predicted molar refractivity (Wildman–Crippen MR) is 335 cm³/mol. The molecule has 0 aromatic carbocycles. The summed E-state index contributed by atoms with van der Waals surface area (Å²) >= 11 is 0. The van der Waals surface area contributed by atoms with Gasteiger partial charge in [0.25, 0.3) is 0 Å². The molecule has 0 fully saturated rings. The first-order valence-corrected chi connectivity index (χ1v) is 34.9. The van der Waals surface area contributed by atoms with Crippen molar-refractivity contribution in [3.8, 4) is 0 Å². The van der Waals surface area contributed by atoms with Gasteiger partial charge >= 0.3 is 11.9 Å². The number of hydrogen-bond donors (Lipinski definition) is 1. The molecule has 5 heteroatoms. The maximum absolute atomic E-state index is 12.3. The Kier molecular flexibility index (Phi) is 66.2. The Hall–Kier alpha value is -1.62. The average molecular weight is 1070 g/mol. The molecule has 0 aliphatic carbocycles. The molecule has 76 heavy (non-hydrogen) atoms. The summed E-state index contributed by atoms with van der Waals surface area (Å²) in [5.41, 5.74) is 0. The second-order valence-corrected chi connectivity index (χ2v) is 24.0. The third kappa shape index (κ3) is 64.9. The topological polar surface area (TPSA) is 72.8 Å². The average Bonchev–Trinajstić information content (AvgIpc) is 3.42. The molecule has 0 spiro atoms. The van der Waals surface area contributed by atoms with E-state index >= 15 is 0 Å². The Morgan fingerprint density at radius 2 is 0.526 bits per heavy atom. The highest BCUT2D eigenvalue weighted by Crippen LogP contribution is 2.19. The van der Waals surface area contributed by atoms with Gasteiger partial charge in [-0.2, -0.15) is 0 Å². The zero-order valence-electron chi connectivity index (χ0n) is 51.8. The predicted octanol–water partition coefficient (Wildman–Crippen LogP) is 24.0. The third-order valence-electron chi connectivity index (χ3n) is 16.2. The lowest BCUT2D eigenvalue weighted by molar-refractivity contribution is -0.161. The minimum atomic E-state index is -0.770. The van der Waals surface area contributed by atoms with E-state index in [0.717, 1.165) is 38.5 Å². The van der Waals surface area contributed by atoms with Gasteiger partial charge in [-0.1, -0.05) is 366 Å². The van der Waals surface area contributed by atoms with Gasteiger partial charge in [0.1, 0.15) is 6.61 Å². The maximum atomic E-state index is 12.3. The minimum Gasteiger partial charge on any atom is -0.462 e. The SMILES string of the molecule is CCCCCCC/C=C\C/C=C\CCCCCCCCCCCCCCCC(=O)OC(CO)COC(=O)CCCCCCCCCCCCCCCCCCCCCCCCCCCCCCCCCCCCCCC. The Balaban J connectivity index is 3.36. The third-order valence-corrected chi connectivity index (χ3v) is 16.2. The van der Waals surface area contributed by atoms with Crippen LogP contribution in [0.2, 0.25) is 0 Å². The summed E-state index contributed by atoms with van der Waals surface area (Å²) in [7, 11) is 0. The molecule has 0 rings (SSSR count). The summed E-state index contributed by atoms with van der Waals surface area (Å²) in [6.45, 7) is 4.20.